The molecular formula is H5Al2BFe. The first-order valence-corrected chi connectivity index (χ1v) is 0. The monoisotopic (exact) mass is 126 g/mol. The molecule has 0 fully saturated rings. The summed E-state index contributed by atoms with van der Waals surface area (Å²) in [5, 5.41) is 0. The van der Waals surface area contributed by atoms with E-state index in [1.807, 2.05) is 0 Å². The second-order valence-electron chi connectivity index (χ2n) is 0. The molecule has 0 aromatic carbocycles. The van der Waals surface area contributed by atoms with E-state index in [-0.39, 0.29) is 60.2 Å². The molecule has 0 bridgehead atoms. The van der Waals surface area contributed by atoms with Crippen LogP contribution in [0.4, 0.5) is 0 Å². The second-order valence-corrected chi connectivity index (χ2v) is 0. The van der Waals surface area contributed by atoms with E-state index in [1.54, 1.807) is 0 Å². The molecule has 0 heterocycles. The number of hydrogen-bond acceptors (Lipinski definition) is 0. The molecule has 0 aliphatic rings. The Labute approximate surface area is 60.0 Å². The molecule has 0 saturated carbocycles. The van der Waals surface area contributed by atoms with Crippen LogP contribution in [0, 0.1) is 0 Å². The average Bonchev–Trinajstić information content (AvgIpc) is 0. The number of hydrogen-bond donors (Lipinski definition) is 0. The maximum atomic E-state index is 0. The maximum absolute atomic E-state index is 0. The zero-order valence-electron chi connectivity index (χ0n) is 1.93. The molecule has 0 rings (SSSR count). The molecule has 0 aromatic rings. The Kier molecular flexibility index (Phi) is 255. The van der Waals surface area contributed by atoms with Gasteiger partial charge in [0.15, 0.2) is 17.4 Å². The predicted octanol–water partition coefficient (Wildman–Crippen LogP) is -2.48. The van der Waals surface area contributed by atoms with Crippen molar-refractivity contribution < 1.29 is 17.1 Å². The summed E-state index contributed by atoms with van der Waals surface area (Å²) in [5.74, 6) is 0. The molecule has 4 radical (unpaired) electrons. The molecule has 0 nitrogen and oxygen atoms in total. The van der Waals surface area contributed by atoms with Crippen LogP contribution < -0.4 is 0 Å². The Morgan fingerprint density at radius 1 is 1.00 bits per heavy atom. The molecule has 4 heavy (non-hydrogen) atoms. The first-order valence-electron chi connectivity index (χ1n) is 0. The molecule has 0 aromatic heterocycles. The first kappa shape index (κ1) is 44.9. The van der Waals surface area contributed by atoms with Gasteiger partial charge in [-0.25, -0.2) is 0 Å². The molecular weight excluding hydrogens is 121 g/mol. The third kappa shape index (κ3) is 9.42. The van der Waals surface area contributed by atoms with E-state index in [9.17, 15) is 0 Å². The van der Waals surface area contributed by atoms with Crippen molar-refractivity contribution in [3.8, 4) is 0 Å². The second kappa shape index (κ2) is 22.8. The van der Waals surface area contributed by atoms with E-state index in [1.165, 1.54) is 0 Å². The zero-order valence-corrected chi connectivity index (χ0v) is 5.04. The molecule has 0 N–H and O–H groups in total. The average molecular weight is 126 g/mol. The summed E-state index contributed by atoms with van der Waals surface area (Å²) in [6, 6.07) is 0. The van der Waals surface area contributed by atoms with Gasteiger partial charge in [0.2, 0.25) is 0 Å². The molecule has 22 valence electrons. The zero-order chi connectivity index (χ0) is 0. The fraction of sp³-hybridized carbons (Fsp3) is 0. The topological polar surface area (TPSA) is 0 Å². The third-order valence-electron chi connectivity index (χ3n) is 0. The minimum Gasteiger partial charge on any atom is 0 e. The van der Waals surface area contributed by atoms with E-state index >= 15 is 0 Å². The summed E-state index contributed by atoms with van der Waals surface area (Å²) in [4.78, 5) is 0. The van der Waals surface area contributed by atoms with Crippen LogP contribution in [0.3, 0.4) is 0 Å². The molecule has 4 heteroatoms. The van der Waals surface area contributed by atoms with Crippen LogP contribution in [-0.2, 0) is 17.1 Å². The molecule has 0 amide bonds. The van der Waals surface area contributed by atoms with Crippen LogP contribution in [0.25, 0.3) is 0 Å². The summed E-state index contributed by atoms with van der Waals surface area (Å²) in [7, 11) is 0. The minimum atomic E-state index is 0. The van der Waals surface area contributed by atoms with E-state index < -0.39 is 0 Å². The smallest absolute Gasteiger partial charge is 0 e. The fourth-order valence-corrected chi connectivity index (χ4v) is 0. The van der Waals surface area contributed by atoms with Crippen LogP contribution in [0.15, 0.2) is 0 Å². The standard InChI is InChI=1S/2Al.B.Fe.5H. The predicted molar refractivity (Wildman–Crippen MR) is 24.2 cm³/mol. The van der Waals surface area contributed by atoms with Crippen molar-refractivity contribution in [2.75, 3.05) is 0 Å². The Bertz CT molecular complexity index is 6.00. The van der Waals surface area contributed by atoms with Gasteiger partial charge in [-0.05, 0) is 0 Å². The van der Waals surface area contributed by atoms with Crippen molar-refractivity contribution >= 4 is 43.1 Å². The summed E-state index contributed by atoms with van der Waals surface area (Å²) in [6.07, 6.45) is 0. The molecule has 0 saturated heterocycles. The molecule has 0 atom stereocenters. The van der Waals surface area contributed by atoms with Gasteiger partial charge in [-0.2, -0.15) is 0 Å². The van der Waals surface area contributed by atoms with Gasteiger partial charge < -0.3 is 0 Å². The molecule has 0 aliphatic heterocycles. The van der Waals surface area contributed by atoms with Crippen molar-refractivity contribution in [1.82, 2.24) is 0 Å². The van der Waals surface area contributed by atoms with Crippen molar-refractivity contribution in [1.29, 1.82) is 0 Å². The normalized spacial score (nSPS) is 0. The summed E-state index contributed by atoms with van der Waals surface area (Å²) in [5.41, 5.74) is 0. The van der Waals surface area contributed by atoms with Crippen LogP contribution in [-0.4, -0.2) is 43.1 Å². The summed E-state index contributed by atoms with van der Waals surface area (Å²) < 4.78 is 0. The molecule has 0 spiro atoms. The van der Waals surface area contributed by atoms with Crippen molar-refractivity contribution in [3.05, 3.63) is 0 Å². The Hall–Kier alpha value is 1.65. The third-order valence-corrected chi connectivity index (χ3v) is 0. The Balaban J connectivity index is 0. The van der Waals surface area contributed by atoms with Crippen LogP contribution in [0.1, 0.15) is 0 Å². The van der Waals surface area contributed by atoms with Crippen molar-refractivity contribution in [2.24, 2.45) is 0 Å². The van der Waals surface area contributed by atoms with Gasteiger partial charge in [-0.15, -0.1) is 0 Å². The minimum absolute atomic E-state index is 0. The first-order chi connectivity index (χ1) is 0. The van der Waals surface area contributed by atoms with Gasteiger partial charge in [0.25, 0.3) is 0 Å². The van der Waals surface area contributed by atoms with Gasteiger partial charge in [0.05, 0.1) is 0 Å². The van der Waals surface area contributed by atoms with Crippen LogP contribution in [0.5, 0.6) is 0 Å². The van der Waals surface area contributed by atoms with Crippen LogP contribution in [0.2, 0.25) is 0 Å². The summed E-state index contributed by atoms with van der Waals surface area (Å²) >= 11 is 0. The van der Waals surface area contributed by atoms with E-state index in [0.717, 1.165) is 0 Å². The van der Waals surface area contributed by atoms with Gasteiger partial charge in [0.1, 0.15) is 17.4 Å². The molecule has 0 aliphatic carbocycles. The SMILES string of the molecule is [AlH2].[AlH3].[B].[Fe]. The maximum Gasteiger partial charge on any atom is 0.187 e. The van der Waals surface area contributed by atoms with E-state index in [4.69, 9.17) is 0 Å². The largest absolute Gasteiger partial charge is 0.187 e. The van der Waals surface area contributed by atoms with E-state index in [2.05, 4.69) is 0 Å². The van der Waals surface area contributed by atoms with Crippen LogP contribution >= 0.6 is 0 Å². The quantitative estimate of drug-likeness (QED) is 0.315. The fourth-order valence-electron chi connectivity index (χ4n) is 0. The summed E-state index contributed by atoms with van der Waals surface area (Å²) in [6.45, 7) is 0. The van der Waals surface area contributed by atoms with Crippen molar-refractivity contribution in [2.45, 2.75) is 0 Å². The molecule has 0 unspecified atom stereocenters. The van der Waals surface area contributed by atoms with Gasteiger partial charge in [-0.1, -0.05) is 0 Å². The number of rotatable bonds is 0. The Morgan fingerprint density at radius 2 is 1.00 bits per heavy atom. The van der Waals surface area contributed by atoms with Gasteiger partial charge >= 0.3 is 0 Å². The Morgan fingerprint density at radius 3 is 1.00 bits per heavy atom. The van der Waals surface area contributed by atoms with E-state index in [0.29, 0.717) is 0 Å². The van der Waals surface area contributed by atoms with Crippen molar-refractivity contribution in [3.63, 3.8) is 0 Å². The van der Waals surface area contributed by atoms with Gasteiger partial charge in [0, 0.05) is 25.5 Å². The van der Waals surface area contributed by atoms with Gasteiger partial charge in [-0.3, -0.25) is 0 Å².